The molecular formula is C25H23F6N7O. The monoisotopic (exact) mass is 551 g/mol. The summed E-state index contributed by atoms with van der Waals surface area (Å²) in [5, 5.41) is 2.62. The Bertz CT molecular complexity index is 1460. The van der Waals surface area contributed by atoms with E-state index in [4.69, 9.17) is 5.73 Å². The van der Waals surface area contributed by atoms with Crippen LogP contribution in [0.25, 0.3) is 6.20 Å². The number of hydrogen-bond donors (Lipinski definition) is 2. The van der Waals surface area contributed by atoms with E-state index in [0.29, 0.717) is 11.3 Å². The third kappa shape index (κ3) is 4.98. The van der Waals surface area contributed by atoms with E-state index in [9.17, 15) is 31.1 Å². The number of amides is 1. The summed E-state index contributed by atoms with van der Waals surface area (Å²) in [4.78, 5) is 29.7. The molecule has 3 aromatic rings. The zero-order valence-electron chi connectivity index (χ0n) is 20.8. The van der Waals surface area contributed by atoms with Gasteiger partial charge in [-0.1, -0.05) is 18.7 Å². The molecule has 2 aromatic heterocycles. The number of carbonyl (C=O) groups excluding carboxylic acids is 1. The summed E-state index contributed by atoms with van der Waals surface area (Å²) in [5.74, 6) is -5.91. The van der Waals surface area contributed by atoms with Gasteiger partial charge in [-0.2, -0.15) is 22.0 Å². The minimum atomic E-state index is -5.73. The second-order valence-corrected chi connectivity index (χ2v) is 9.08. The Morgan fingerprint density at radius 3 is 2.49 bits per heavy atom. The molecule has 1 atom stereocenters. The molecule has 0 fully saturated rings. The first-order chi connectivity index (χ1) is 18.2. The number of rotatable bonds is 8. The van der Waals surface area contributed by atoms with Gasteiger partial charge in [0.1, 0.15) is 22.9 Å². The molecule has 0 aliphatic carbocycles. The van der Waals surface area contributed by atoms with Crippen molar-refractivity contribution in [2.75, 3.05) is 11.1 Å². The maximum atomic E-state index is 13.7. The van der Waals surface area contributed by atoms with Crippen LogP contribution >= 0.6 is 0 Å². The van der Waals surface area contributed by atoms with Crippen molar-refractivity contribution in [3.63, 3.8) is 0 Å². The SMILES string of the molecule is C=Cn1c(C)cnc1C(CCC(F)(F)C(F)(F)F)=NCc1nc(N)c2c(n1)NC(=O)C2(C)c1ccc(F)cc1. The summed E-state index contributed by atoms with van der Waals surface area (Å²) >= 11 is 0. The second-order valence-electron chi connectivity index (χ2n) is 9.08. The minimum absolute atomic E-state index is 0.0246. The van der Waals surface area contributed by atoms with Crippen LogP contribution in [-0.4, -0.2) is 43.2 Å². The number of benzene rings is 1. The standard InChI is InChI=1S/C25H23F6N7O/c1-4-38-13(2)11-34-21(38)16(9-10-24(27,28)25(29,30)31)33-12-17-35-19(32)18-20(36-17)37-22(39)23(18,3)14-5-7-15(26)8-6-14/h4-8,11H,1,9-10,12H2,2-3H3,(H3,32,35,36,37,39). The lowest BCUT2D eigenvalue weighted by Crippen LogP contribution is -2.36. The number of aromatic nitrogens is 4. The van der Waals surface area contributed by atoms with Crippen molar-refractivity contribution in [3.05, 3.63) is 71.3 Å². The molecule has 1 aliphatic heterocycles. The van der Waals surface area contributed by atoms with Crippen LogP contribution in [0.15, 0.2) is 42.0 Å². The summed E-state index contributed by atoms with van der Waals surface area (Å²) in [5.41, 5.74) is 5.96. The Hall–Kier alpha value is -4.23. The van der Waals surface area contributed by atoms with E-state index < -0.39 is 42.1 Å². The Kier molecular flexibility index (Phi) is 7.00. The maximum absolute atomic E-state index is 13.7. The fourth-order valence-electron chi connectivity index (χ4n) is 4.32. The van der Waals surface area contributed by atoms with Gasteiger partial charge in [0.2, 0.25) is 5.91 Å². The fourth-order valence-corrected chi connectivity index (χ4v) is 4.32. The molecule has 3 N–H and O–H groups in total. The maximum Gasteiger partial charge on any atom is 0.453 e. The molecule has 0 bridgehead atoms. The molecule has 3 heterocycles. The summed E-state index contributed by atoms with van der Waals surface area (Å²) in [6.07, 6.45) is -5.34. The largest absolute Gasteiger partial charge is 0.453 e. The number of imidazole rings is 1. The van der Waals surface area contributed by atoms with E-state index in [1.54, 1.807) is 13.8 Å². The van der Waals surface area contributed by atoms with Gasteiger partial charge in [0.15, 0.2) is 11.6 Å². The number of halogens is 6. The summed E-state index contributed by atoms with van der Waals surface area (Å²) in [6, 6.07) is 5.28. The minimum Gasteiger partial charge on any atom is -0.383 e. The number of nitrogen functional groups attached to an aromatic ring is 1. The number of fused-ring (bicyclic) bond motifs is 1. The van der Waals surface area contributed by atoms with Gasteiger partial charge in [-0.15, -0.1) is 0 Å². The third-order valence-electron chi connectivity index (χ3n) is 6.52. The molecule has 1 aliphatic rings. The quantitative estimate of drug-likeness (QED) is 0.302. The molecule has 206 valence electrons. The topological polar surface area (TPSA) is 111 Å². The summed E-state index contributed by atoms with van der Waals surface area (Å²) in [7, 11) is 0. The van der Waals surface area contributed by atoms with Crippen molar-refractivity contribution in [3.8, 4) is 0 Å². The molecular weight excluding hydrogens is 528 g/mol. The first-order valence-electron chi connectivity index (χ1n) is 11.6. The Balaban J connectivity index is 1.69. The van der Waals surface area contributed by atoms with Gasteiger partial charge in [0.25, 0.3) is 0 Å². The summed E-state index contributed by atoms with van der Waals surface area (Å²) in [6.45, 7) is 6.47. The first kappa shape index (κ1) is 27.8. The van der Waals surface area contributed by atoms with Crippen molar-refractivity contribution in [2.24, 2.45) is 4.99 Å². The van der Waals surface area contributed by atoms with Gasteiger partial charge in [-0.05, 0) is 38.0 Å². The molecule has 0 radical (unpaired) electrons. The zero-order valence-corrected chi connectivity index (χ0v) is 20.8. The van der Waals surface area contributed by atoms with E-state index in [1.807, 2.05) is 0 Å². The molecule has 0 saturated heterocycles. The number of nitrogens with one attached hydrogen (secondary N) is 1. The van der Waals surface area contributed by atoms with Crippen molar-refractivity contribution < 1.29 is 31.1 Å². The number of hydrogen-bond acceptors (Lipinski definition) is 6. The Labute approximate surface area is 218 Å². The van der Waals surface area contributed by atoms with E-state index in [2.05, 4.69) is 31.8 Å². The molecule has 8 nitrogen and oxygen atoms in total. The number of alkyl halides is 5. The van der Waals surface area contributed by atoms with E-state index in [-0.39, 0.29) is 41.1 Å². The molecule has 14 heteroatoms. The van der Waals surface area contributed by atoms with Crippen LogP contribution < -0.4 is 11.1 Å². The van der Waals surface area contributed by atoms with Crippen LogP contribution in [0, 0.1) is 12.7 Å². The third-order valence-corrected chi connectivity index (χ3v) is 6.52. The van der Waals surface area contributed by atoms with Crippen LogP contribution in [-0.2, 0) is 16.8 Å². The highest BCUT2D eigenvalue weighted by Gasteiger charge is 2.56. The molecule has 39 heavy (non-hydrogen) atoms. The fraction of sp³-hybridized carbons (Fsp3) is 0.320. The van der Waals surface area contributed by atoms with E-state index >= 15 is 0 Å². The van der Waals surface area contributed by atoms with E-state index in [1.165, 1.54) is 41.2 Å². The average Bonchev–Trinajstić information content (AvgIpc) is 3.35. The van der Waals surface area contributed by atoms with Crippen LogP contribution in [0.2, 0.25) is 0 Å². The zero-order chi connectivity index (χ0) is 28.8. The number of anilines is 2. The number of aliphatic imine (C=N–C) groups is 1. The second kappa shape index (κ2) is 9.82. The molecule has 1 unspecified atom stereocenters. The number of nitrogens with two attached hydrogens (primary N) is 1. The first-order valence-corrected chi connectivity index (χ1v) is 11.6. The smallest absolute Gasteiger partial charge is 0.383 e. The van der Waals surface area contributed by atoms with Crippen molar-refractivity contribution >= 4 is 29.5 Å². The van der Waals surface area contributed by atoms with Crippen LogP contribution in [0.5, 0.6) is 0 Å². The highest BCUT2D eigenvalue weighted by Crippen LogP contribution is 2.44. The molecule has 0 saturated carbocycles. The predicted octanol–water partition coefficient (Wildman–Crippen LogP) is 5.03. The number of nitrogens with zero attached hydrogens (tertiary/aromatic N) is 5. The van der Waals surface area contributed by atoms with Gasteiger partial charge < -0.3 is 15.6 Å². The van der Waals surface area contributed by atoms with Crippen molar-refractivity contribution in [1.82, 2.24) is 19.5 Å². The van der Waals surface area contributed by atoms with Gasteiger partial charge in [-0.25, -0.2) is 19.3 Å². The average molecular weight is 551 g/mol. The molecule has 1 amide bonds. The predicted molar refractivity (Wildman–Crippen MR) is 132 cm³/mol. The highest BCUT2D eigenvalue weighted by molar-refractivity contribution is 6.08. The van der Waals surface area contributed by atoms with E-state index in [0.717, 1.165) is 0 Å². The number of carbonyl (C=O) groups is 1. The van der Waals surface area contributed by atoms with Crippen LogP contribution in [0.4, 0.5) is 38.0 Å². The highest BCUT2D eigenvalue weighted by atomic mass is 19.4. The number of aryl methyl sites for hydroxylation is 1. The Morgan fingerprint density at radius 1 is 1.21 bits per heavy atom. The van der Waals surface area contributed by atoms with Crippen molar-refractivity contribution in [1.29, 1.82) is 0 Å². The lowest BCUT2D eigenvalue weighted by molar-refractivity contribution is -0.283. The van der Waals surface area contributed by atoms with Crippen LogP contribution in [0.3, 0.4) is 0 Å². The normalized spacial score (nSPS) is 17.7. The van der Waals surface area contributed by atoms with Crippen molar-refractivity contribution in [2.45, 2.75) is 50.7 Å². The lowest BCUT2D eigenvalue weighted by Gasteiger charge is -2.23. The van der Waals surface area contributed by atoms with Gasteiger partial charge in [-0.3, -0.25) is 9.79 Å². The Morgan fingerprint density at radius 2 is 1.87 bits per heavy atom. The van der Waals surface area contributed by atoms with Gasteiger partial charge in [0.05, 0.1) is 17.8 Å². The lowest BCUT2D eigenvalue weighted by atomic mass is 9.78. The van der Waals surface area contributed by atoms with Crippen LogP contribution in [0.1, 0.15) is 48.2 Å². The molecule has 4 rings (SSSR count). The van der Waals surface area contributed by atoms with Gasteiger partial charge >= 0.3 is 12.1 Å². The summed E-state index contributed by atoms with van der Waals surface area (Å²) < 4.78 is 80.6. The molecule has 1 aromatic carbocycles. The van der Waals surface area contributed by atoms with Gasteiger partial charge in [0, 0.05) is 24.5 Å². The molecule has 0 spiro atoms.